The van der Waals surface area contributed by atoms with Crippen LogP contribution >= 0.6 is 23.6 Å². The second kappa shape index (κ2) is 10.9. The molecule has 1 heterocycles. The number of carbonyl (C=O) groups is 1. The summed E-state index contributed by atoms with van der Waals surface area (Å²) in [5.74, 6) is 0.405. The molecule has 0 radical (unpaired) electrons. The van der Waals surface area contributed by atoms with Crippen molar-refractivity contribution in [1.82, 2.24) is 5.32 Å². The van der Waals surface area contributed by atoms with Gasteiger partial charge in [-0.1, -0.05) is 33.1 Å². The molecule has 0 fully saturated rings. The number of anilines is 1. The molecule has 2 rings (SSSR count). The van der Waals surface area contributed by atoms with E-state index in [0.717, 1.165) is 37.2 Å². The fourth-order valence-corrected chi connectivity index (χ4v) is 4.93. The van der Waals surface area contributed by atoms with Crippen LogP contribution in [0.15, 0.2) is 0 Å². The van der Waals surface area contributed by atoms with Gasteiger partial charge in [-0.15, -0.1) is 11.3 Å². The zero-order valence-corrected chi connectivity index (χ0v) is 17.9. The lowest BCUT2D eigenvalue weighted by Gasteiger charge is -2.17. The van der Waals surface area contributed by atoms with Gasteiger partial charge in [0, 0.05) is 11.4 Å². The summed E-state index contributed by atoms with van der Waals surface area (Å²) in [6.07, 6.45) is 9.18. The van der Waals surface area contributed by atoms with Crippen molar-refractivity contribution in [3.05, 3.63) is 16.0 Å². The van der Waals surface area contributed by atoms with E-state index in [1.165, 1.54) is 36.1 Å². The quantitative estimate of drug-likeness (QED) is 0.438. The molecule has 146 valence electrons. The highest BCUT2D eigenvalue weighted by Gasteiger charge is 2.26. The standard InChI is InChI=1S/C20H32N2O2S2/c1-4-7-10-14(5-2)13-21-20(25)22-18-17(19(23)24-6-3)15-11-8-9-12-16(15)26-18/h14H,4-13H2,1-3H3,(H2,21,22,25). The van der Waals surface area contributed by atoms with E-state index in [1.54, 1.807) is 11.3 Å². The molecule has 0 bridgehead atoms. The summed E-state index contributed by atoms with van der Waals surface area (Å²) in [6, 6.07) is 0. The van der Waals surface area contributed by atoms with Gasteiger partial charge in [-0.3, -0.25) is 0 Å². The summed E-state index contributed by atoms with van der Waals surface area (Å²) < 4.78 is 5.30. The van der Waals surface area contributed by atoms with Crippen LogP contribution in [0.1, 0.15) is 80.1 Å². The lowest BCUT2D eigenvalue weighted by molar-refractivity contribution is 0.0526. The van der Waals surface area contributed by atoms with Gasteiger partial charge in [0.05, 0.1) is 12.2 Å². The lowest BCUT2D eigenvalue weighted by Crippen LogP contribution is -2.33. The highest BCUT2D eigenvalue weighted by atomic mass is 32.1. The van der Waals surface area contributed by atoms with Crippen molar-refractivity contribution in [3.8, 4) is 0 Å². The van der Waals surface area contributed by atoms with Gasteiger partial charge < -0.3 is 15.4 Å². The number of esters is 1. The number of unbranched alkanes of at least 4 members (excludes halogenated alkanes) is 1. The Labute approximate surface area is 167 Å². The summed E-state index contributed by atoms with van der Waals surface area (Å²) in [7, 11) is 0. The highest BCUT2D eigenvalue weighted by molar-refractivity contribution is 7.80. The van der Waals surface area contributed by atoms with Gasteiger partial charge in [-0.2, -0.15) is 0 Å². The monoisotopic (exact) mass is 396 g/mol. The van der Waals surface area contributed by atoms with Gasteiger partial charge in [0.2, 0.25) is 0 Å². The molecule has 1 aromatic heterocycles. The first-order valence-corrected chi connectivity index (χ1v) is 11.2. The molecule has 6 heteroatoms. The second-order valence-corrected chi connectivity index (χ2v) is 8.40. The SMILES string of the molecule is CCCCC(CC)CNC(=S)Nc1sc2c(c1C(=O)OCC)CCCC2. The fourth-order valence-electron chi connectivity index (χ4n) is 3.40. The zero-order valence-electron chi connectivity index (χ0n) is 16.3. The highest BCUT2D eigenvalue weighted by Crippen LogP contribution is 2.38. The first-order valence-electron chi connectivity index (χ1n) is 9.97. The first-order chi connectivity index (χ1) is 12.6. The normalized spacial score (nSPS) is 14.4. The molecule has 1 atom stereocenters. The minimum atomic E-state index is -0.230. The predicted molar refractivity (Wildman–Crippen MR) is 114 cm³/mol. The molecule has 1 unspecified atom stereocenters. The Bertz CT molecular complexity index is 613. The summed E-state index contributed by atoms with van der Waals surface area (Å²) in [6.45, 7) is 7.56. The van der Waals surface area contributed by atoms with Crippen molar-refractivity contribution in [1.29, 1.82) is 0 Å². The Hall–Kier alpha value is -1.14. The number of aryl methyl sites for hydroxylation is 1. The van der Waals surface area contributed by atoms with Gasteiger partial charge in [-0.05, 0) is 62.7 Å². The maximum Gasteiger partial charge on any atom is 0.341 e. The van der Waals surface area contributed by atoms with E-state index in [0.29, 0.717) is 23.2 Å². The molecule has 4 nitrogen and oxygen atoms in total. The smallest absolute Gasteiger partial charge is 0.341 e. The van der Waals surface area contributed by atoms with Crippen LogP contribution in [-0.4, -0.2) is 24.2 Å². The van der Waals surface area contributed by atoms with Crippen LogP contribution in [0.3, 0.4) is 0 Å². The van der Waals surface area contributed by atoms with E-state index in [-0.39, 0.29) is 5.97 Å². The number of carbonyl (C=O) groups excluding carboxylic acids is 1. The van der Waals surface area contributed by atoms with Crippen LogP contribution in [-0.2, 0) is 17.6 Å². The predicted octanol–water partition coefficient (Wildman–Crippen LogP) is 5.31. The molecule has 1 aliphatic rings. The number of hydrogen-bond acceptors (Lipinski definition) is 4. The second-order valence-electron chi connectivity index (χ2n) is 6.89. The van der Waals surface area contributed by atoms with E-state index >= 15 is 0 Å². The van der Waals surface area contributed by atoms with Crippen LogP contribution < -0.4 is 10.6 Å². The molecule has 0 aromatic carbocycles. The van der Waals surface area contributed by atoms with E-state index in [2.05, 4.69) is 24.5 Å². The van der Waals surface area contributed by atoms with Crippen molar-refractivity contribution >= 4 is 39.6 Å². The first kappa shape index (κ1) is 21.2. The number of nitrogens with one attached hydrogen (secondary N) is 2. The van der Waals surface area contributed by atoms with Crippen LogP contribution in [0.5, 0.6) is 0 Å². The van der Waals surface area contributed by atoms with Gasteiger partial charge in [0.25, 0.3) is 0 Å². The van der Waals surface area contributed by atoms with Crippen LogP contribution in [0, 0.1) is 5.92 Å². The van der Waals surface area contributed by atoms with Gasteiger partial charge in [-0.25, -0.2) is 4.79 Å². The number of ether oxygens (including phenoxy) is 1. The number of thiocarbonyl (C=S) groups is 1. The third-order valence-electron chi connectivity index (χ3n) is 4.97. The Balaban J connectivity index is 2.04. The molecular formula is C20H32N2O2S2. The van der Waals surface area contributed by atoms with Crippen molar-refractivity contribution in [2.24, 2.45) is 5.92 Å². The minimum absolute atomic E-state index is 0.230. The van der Waals surface area contributed by atoms with Gasteiger partial charge in [0.1, 0.15) is 5.00 Å². The van der Waals surface area contributed by atoms with E-state index in [9.17, 15) is 4.79 Å². The summed E-state index contributed by atoms with van der Waals surface area (Å²) in [5.41, 5.74) is 1.87. The van der Waals surface area contributed by atoms with Gasteiger partial charge >= 0.3 is 5.97 Å². The lowest BCUT2D eigenvalue weighted by atomic mass is 9.95. The topological polar surface area (TPSA) is 50.4 Å². The Morgan fingerprint density at radius 1 is 1.27 bits per heavy atom. The maximum absolute atomic E-state index is 12.5. The average molecular weight is 397 g/mol. The molecule has 26 heavy (non-hydrogen) atoms. The molecule has 0 aliphatic heterocycles. The molecule has 2 N–H and O–H groups in total. The van der Waals surface area contributed by atoms with Crippen LogP contribution in [0.25, 0.3) is 0 Å². The Morgan fingerprint density at radius 3 is 2.73 bits per heavy atom. The minimum Gasteiger partial charge on any atom is -0.462 e. The third-order valence-corrected chi connectivity index (χ3v) is 6.43. The molecule has 1 aromatic rings. The molecular weight excluding hydrogens is 364 g/mol. The number of hydrogen-bond donors (Lipinski definition) is 2. The van der Waals surface area contributed by atoms with Crippen molar-refractivity contribution < 1.29 is 9.53 Å². The average Bonchev–Trinajstić information content (AvgIpc) is 2.99. The Morgan fingerprint density at radius 2 is 2.04 bits per heavy atom. The summed E-state index contributed by atoms with van der Waals surface area (Å²) >= 11 is 7.16. The third kappa shape index (κ3) is 5.68. The zero-order chi connectivity index (χ0) is 18.9. The molecule has 0 saturated heterocycles. The van der Waals surface area contributed by atoms with Crippen LogP contribution in [0.2, 0.25) is 0 Å². The molecule has 0 amide bonds. The number of thiophene rings is 1. The van der Waals surface area contributed by atoms with Crippen molar-refractivity contribution in [2.45, 2.75) is 72.1 Å². The molecule has 1 aliphatic carbocycles. The Kier molecular flexibility index (Phi) is 8.85. The fraction of sp³-hybridized carbons (Fsp3) is 0.700. The summed E-state index contributed by atoms with van der Waals surface area (Å²) in [4.78, 5) is 13.8. The van der Waals surface area contributed by atoms with E-state index < -0.39 is 0 Å². The van der Waals surface area contributed by atoms with Crippen molar-refractivity contribution in [2.75, 3.05) is 18.5 Å². The molecule has 0 spiro atoms. The van der Waals surface area contributed by atoms with Gasteiger partial charge in [0.15, 0.2) is 5.11 Å². The number of rotatable bonds is 9. The van der Waals surface area contributed by atoms with E-state index in [1.807, 2.05) is 6.92 Å². The largest absolute Gasteiger partial charge is 0.462 e. The molecule has 0 saturated carbocycles. The van der Waals surface area contributed by atoms with Crippen LogP contribution in [0.4, 0.5) is 5.00 Å². The number of fused-ring (bicyclic) bond motifs is 1. The summed E-state index contributed by atoms with van der Waals surface area (Å²) in [5, 5.41) is 8.07. The van der Waals surface area contributed by atoms with E-state index in [4.69, 9.17) is 17.0 Å². The van der Waals surface area contributed by atoms with Crippen molar-refractivity contribution in [3.63, 3.8) is 0 Å². The maximum atomic E-state index is 12.5.